The molecule has 0 fully saturated rings. The summed E-state index contributed by atoms with van der Waals surface area (Å²) in [4.78, 5) is 35.3. The predicted molar refractivity (Wildman–Crippen MR) is 102 cm³/mol. The molecule has 0 unspecified atom stereocenters. The third-order valence-electron chi connectivity index (χ3n) is 3.35. The summed E-state index contributed by atoms with van der Waals surface area (Å²) in [6.45, 7) is 1.74. The van der Waals surface area contributed by atoms with Crippen molar-refractivity contribution in [1.82, 2.24) is 10.9 Å². The Bertz CT molecular complexity index is 795. The fraction of sp³-hybridized carbons (Fsp3) is 0.278. The number of benzene rings is 1. The predicted octanol–water partition coefficient (Wildman–Crippen LogP) is 2.87. The molecule has 2 rings (SSSR count). The van der Waals surface area contributed by atoms with E-state index in [1.165, 1.54) is 11.3 Å². The first-order valence-electron chi connectivity index (χ1n) is 8.13. The molecular formula is C18H19ClN2O5S. The molecule has 2 N–H and O–H groups in total. The van der Waals surface area contributed by atoms with E-state index in [9.17, 15) is 14.4 Å². The van der Waals surface area contributed by atoms with Gasteiger partial charge in [-0.15, -0.1) is 11.3 Å². The highest BCUT2D eigenvalue weighted by Gasteiger charge is 2.10. The standard InChI is InChI=1S/C18H19ClN2O5S/c1-12-10-13(6-7-14(12)19)25-8-2-5-17(23)26-11-16(22)20-21-18(24)15-4-3-9-27-15/h3-4,6-7,9-10H,2,5,8,11H2,1H3,(H,20,22)(H,21,24). The van der Waals surface area contributed by atoms with Crippen LogP contribution < -0.4 is 15.6 Å². The van der Waals surface area contributed by atoms with Crippen molar-refractivity contribution in [3.63, 3.8) is 0 Å². The molecule has 0 atom stereocenters. The van der Waals surface area contributed by atoms with E-state index < -0.39 is 24.4 Å². The Labute approximate surface area is 165 Å². The summed E-state index contributed by atoms with van der Waals surface area (Å²) >= 11 is 7.18. The summed E-state index contributed by atoms with van der Waals surface area (Å²) in [5.74, 6) is -0.905. The molecule has 0 bridgehead atoms. The number of thiophene rings is 1. The van der Waals surface area contributed by atoms with Crippen LogP contribution in [0, 0.1) is 6.92 Å². The zero-order valence-corrected chi connectivity index (χ0v) is 16.2. The molecule has 0 saturated heterocycles. The first kappa shape index (κ1) is 20.7. The highest BCUT2D eigenvalue weighted by molar-refractivity contribution is 7.12. The molecular weight excluding hydrogens is 392 g/mol. The molecule has 0 aliphatic rings. The van der Waals surface area contributed by atoms with Crippen LogP contribution in [0.3, 0.4) is 0 Å². The normalized spacial score (nSPS) is 10.1. The number of rotatable bonds is 8. The highest BCUT2D eigenvalue weighted by atomic mass is 35.5. The number of esters is 1. The van der Waals surface area contributed by atoms with Crippen LogP contribution in [0.15, 0.2) is 35.7 Å². The van der Waals surface area contributed by atoms with Gasteiger partial charge in [-0.1, -0.05) is 17.7 Å². The smallest absolute Gasteiger partial charge is 0.306 e. The summed E-state index contributed by atoms with van der Waals surface area (Å²) in [6, 6.07) is 8.66. The van der Waals surface area contributed by atoms with Crippen molar-refractivity contribution in [2.45, 2.75) is 19.8 Å². The van der Waals surface area contributed by atoms with Crippen LogP contribution in [-0.2, 0) is 14.3 Å². The molecule has 1 heterocycles. The van der Waals surface area contributed by atoms with Gasteiger partial charge in [0.2, 0.25) is 0 Å². The summed E-state index contributed by atoms with van der Waals surface area (Å²) in [5.41, 5.74) is 5.33. The minimum Gasteiger partial charge on any atom is -0.494 e. The van der Waals surface area contributed by atoms with E-state index in [0.717, 1.165) is 5.56 Å². The van der Waals surface area contributed by atoms with Crippen molar-refractivity contribution in [3.05, 3.63) is 51.2 Å². The first-order valence-corrected chi connectivity index (χ1v) is 9.38. The molecule has 0 saturated carbocycles. The Balaban J connectivity index is 1.56. The van der Waals surface area contributed by atoms with Gasteiger partial charge in [0.25, 0.3) is 11.8 Å². The fourth-order valence-electron chi connectivity index (χ4n) is 1.96. The zero-order valence-electron chi connectivity index (χ0n) is 14.6. The van der Waals surface area contributed by atoms with Gasteiger partial charge in [0.15, 0.2) is 6.61 Å². The third-order valence-corrected chi connectivity index (χ3v) is 4.64. The largest absolute Gasteiger partial charge is 0.494 e. The van der Waals surface area contributed by atoms with Gasteiger partial charge < -0.3 is 9.47 Å². The number of nitrogens with one attached hydrogen (secondary N) is 2. The monoisotopic (exact) mass is 410 g/mol. The lowest BCUT2D eigenvalue weighted by atomic mass is 10.2. The van der Waals surface area contributed by atoms with E-state index in [1.807, 2.05) is 13.0 Å². The van der Waals surface area contributed by atoms with E-state index in [0.29, 0.717) is 28.7 Å². The number of carbonyl (C=O) groups is 3. The number of hydrogen-bond donors (Lipinski definition) is 2. The third kappa shape index (κ3) is 7.28. The minimum absolute atomic E-state index is 0.113. The molecule has 0 spiro atoms. The first-order chi connectivity index (χ1) is 13.0. The molecule has 7 nitrogen and oxygen atoms in total. The van der Waals surface area contributed by atoms with Gasteiger partial charge in [0.05, 0.1) is 11.5 Å². The lowest BCUT2D eigenvalue weighted by Gasteiger charge is -2.08. The number of carbonyl (C=O) groups excluding carboxylic acids is 3. The number of amides is 2. The maximum Gasteiger partial charge on any atom is 0.306 e. The van der Waals surface area contributed by atoms with Crippen LogP contribution in [0.2, 0.25) is 5.02 Å². The van der Waals surface area contributed by atoms with Gasteiger partial charge in [-0.05, 0) is 48.6 Å². The van der Waals surface area contributed by atoms with Crippen molar-refractivity contribution >= 4 is 40.7 Å². The number of aryl methyl sites for hydroxylation is 1. The van der Waals surface area contributed by atoms with Crippen molar-refractivity contribution < 1.29 is 23.9 Å². The van der Waals surface area contributed by atoms with E-state index in [1.54, 1.807) is 29.6 Å². The zero-order chi connectivity index (χ0) is 19.6. The van der Waals surface area contributed by atoms with E-state index >= 15 is 0 Å². The van der Waals surface area contributed by atoms with Crippen molar-refractivity contribution in [2.75, 3.05) is 13.2 Å². The number of halogens is 1. The Hall–Kier alpha value is -2.58. The maximum absolute atomic E-state index is 11.6. The van der Waals surface area contributed by atoms with E-state index in [-0.39, 0.29) is 6.42 Å². The molecule has 9 heteroatoms. The van der Waals surface area contributed by atoms with Gasteiger partial charge in [0.1, 0.15) is 5.75 Å². The number of ether oxygens (including phenoxy) is 2. The maximum atomic E-state index is 11.6. The van der Waals surface area contributed by atoms with Crippen molar-refractivity contribution in [2.24, 2.45) is 0 Å². The second-order valence-corrected chi connectivity index (χ2v) is 6.86. The Morgan fingerprint density at radius 1 is 1.19 bits per heavy atom. The lowest BCUT2D eigenvalue weighted by molar-refractivity contribution is -0.148. The number of hydrogen-bond acceptors (Lipinski definition) is 6. The molecule has 0 radical (unpaired) electrons. The molecule has 1 aromatic carbocycles. The van der Waals surface area contributed by atoms with Crippen LogP contribution in [0.5, 0.6) is 5.75 Å². The van der Waals surface area contributed by atoms with Gasteiger partial charge >= 0.3 is 5.97 Å². The lowest BCUT2D eigenvalue weighted by Crippen LogP contribution is -2.43. The summed E-state index contributed by atoms with van der Waals surface area (Å²) in [6.07, 6.45) is 0.554. The fourth-order valence-corrected chi connectivity index (χ4v) is 2.70. The second-order valence-electron chi connectivity index (χ2n) is 5.50. The molecule has 1 aromatic heterocycles. The average molecular weight is 411 g/mol. The molecule has 0 aliphatic heterocycles. The van der Waals surface area contributed by atoms with Crippen LogP contribution in [-0.4, -0.2) is 31.0 Å². The average Bonchev–Trinajstić information content (AvgIpc) is 3.19. The molecule has 2 aromatic rings. The Kier molecular flexibility index (Phi) is 8.09. The van der Waals surface area contributed by atoms with Gasteiger partial charge in [-0.2, -0.15) is 0 Å². The number of hydrazine groups is 1. The van der Waals surface area contributed by atoms with Crippen LogP contribution >= 0.6 is 22.9 Å². The van der Waals surface area contributed by atoms with Crippen LogP contribution in [0.4, 0.5) is 0 Å². The highest BCUT2D eigenvalue weighted by Crippen LogP contribution is 2.21. The summed E-state index contributed by atoms with van der Waals surface area (Å²) < 4.78 is 10.4. The molecule has 0 aliphatic carbocycles. The summed E-state index contributed by atoms with van der Waals surface area (Å²) in [5, 5.41) is 2.41. The van der Waals surface area contributed by atoms with Gasteiger partial charge in [0, 0.05) is 11.4 Å². The molecule has 2 amide bonds. The van der Waals surface area contributed by atoms with E-state index in [2.05, 4.69) is 10.9 Å². The minimum atomic E-state index is -0.624. The van der Waals surface area contributed by atoms with Gasteiger partial charge in [-0.25, -0.2) is 0 Å². The topological polar surface area (TPSA) is 93.7 Å². The second kappa shape index (κ2) is 10.5. The molecule has 144 valence electrons. The SMILES string of the molecule is Cc1cc(OCCCC(=O)OCC(=O)NNC(=O)c2cccs2)ccc1Cl. The van der Waals surface area contributed by atoms with Gasteiger partial charge in [-0.3, -0.25) is 25.2 Å². The van der Waals surface area contributed by atoms with Crippen molar-refractivity contribution in [3.8, 4) is 5.75 Å². The van der Waals surface area contributed by atoms with Crippen LogP contribution in [0.1, 0.15) is 28.1 Å². The van der Waals surface area contributed by atoms with Crippen molar-refractivity contribution in [1.29, 1.82) is 0 Å². The summed E-state index contributed by atoms with van der Waals surface area (Å²) in [7, 11) is 0. The Morgan fingerprint density at radius 3 is 2.70 bits per heavy atom. The quantitative estimate of drug-likeness (QED) is 0.396. The van der Waals surface area contributed by atoms with E-state index in [4.69, 9.17) is 21.1 Å². The molecule has 27 heavy (non-hydrogen) atoms. The van der Waals surface area contributed by atoms with Crippen LogP contribution in [0.25, 0.3) is 0 Å². The Morgan fingerprint density at radius 2 is 2.00 bits per heavy atom.